The minimum atomic E-state index is -0.387. The molecule has 156 valence electrons. The largest absolute Gasteiger partial charge is 0.495 e. The van der Waals surface area contributed by atoms with E-state index in [0.717, 1.165) is 47.3 Å². The average Bonchev–Trinajstić information content (AvgIpc) is 3.59. The van der Waals surface area contributed by atoms with E-state index in [1.165, 1.54) is 0 Å². The third-order valence-corrected chi connectivity index (χ3v) is 5.95. The van der Waals surface area contributed by atoms with Gasteiger partial charge < -0.3 is 24.3 Å². The van der Waals surface area contributed by atoms with E-state index < -0.39 is 0 Å². The predicted octanol–water partition coefficient (Wildman–Crippen LogP) is 3.12. The normalized spacial score (nSPS) is 19.0. The van der Waals surface area contributed by atoms with Gasteiger partial charge in [0.05, 0.1) is 24.9 Å². The molecule has 1 saturated heterocycles. The summed E-state index contributed by atoms with van der Waals surface area (Å²) in [6, 6.07) is 16.7. The number of ether oxygens (including phenoxy) is 2. The molecule has 1 aliphatic carbocycles. The van der Waals surface area contributed by atoms with Crippen molar-refractivity contribution in [2.75, 3.05) is 26.8 Å². The third kappa shape index (κ3) is 3.57. The third-order valence-electron chi connectivity index (χ3n) is 5.95. The monoisotopic (exact) mass is 405 g/mol. The van der Waals surface area contributed by atoms with Crippen molar-refractivity contribution in [2.45, 2.75) is 31.5 Å². The van der Waals surface area contributed by atoms with Crippen LogP contribution in [-0.2, 0) is 16.1 Å². The summed E-state index contributed by atoms with van der Waals surface area (Å²) in [5.74, 6) is 0.917. The van der Waals surface area contributed by atoms with Gasteiger partial charge in [0, 0.05) is 37.3 Å². The van der Waals surface area contributed by atoms with Crippen LogP contribution in [0.15, 0.2) is 54.7 Å². The quantitative estimate of drug-likeness (QED) is 0.685. The Hall–Kier alpha value is -2.83. The van der Waals surface area contributed by atoms with Gasteiger partial charge in [-0.3, -0.25) is 4.79 Å². The molecule has 1 amide bonds. The number of hydrogen-bond donors (Lipinski definition) is 1. The van der Waals surface area contributed by atoms with Crippen molar-refractivity contribution < 1.29 is 14.3 Å². The maximum atomic E-state index is 13.2. The Morgan fingerprint density at radius 3 is 2.77 bits per heavy atom. The molecular weight excluding hydrogens is 378 g/mol. The molecule has 1 unspecified atom stereocenters. The number of carbonyl (C=O) groups excluding carboxylic acids is 1. The number of morpholine rings is 1. The van der Waals surface area contributed by atoms with Crippen LogP contribution < -0.4 is 10.1 Å². The zero-order valence-corrected chi connectivity index (χ0v) is 17.2. The number of fused-ring (bicyclic) bond motifs is 1. The van der Waals surface area contributed by atoms with Crippen molar-refractivity contribution in [1.82, 2.24) is 14.8 Å². The predicted molar refractivity (Wildman–Crippen MR) is 116 cm³/mol. The zero-order chi connectivity index (χ0) is 20.5. The lowest BCUT2D eigenvalue weighted by Gasteiger charge is -2.30. The van der Waals surface area contributed by atoms with E-state index >= 15 is 0 Å². The summed E-state index contributed by atoms with van der Waals surface area (Å²) in [5, 5.41) is 4.43. The Labute approximate surface area is 176 Å². The molecule has 1 N–H and O–H groups in total. The molecule has 2 aliphatic rings. The Morgan fingerprint density at radius 1 is 1.20 bits per heavy atom. The van der Waals surface area contributed by atoms with Crippen LogP contribution in [0.4, 0.5) is 0 Å². The second kappa shape index (κ2) is 8.13. The summed E-state index contributed by atoms with van der Waals surface area (Å²) in [4.78, 5) is 15.3. The molecule has 1 saturated carbocycles. The van der Waals surface area contributed by atoms with Crippen molar-refractivity contribution in [3.63, 3.8) is 0 Å². The molecule has 2 heterocycles. The lowest BCUT2D eigenvalue weighted by atomic mass is 10.1. The first-order valence-corrected chi connectivity index (χ1v) is 10.6. The van der Waals surface area contributed by atoms with Crippen LogP contribution in [0.1, 0.15) is 18.4 Å². The molecule has 6 nitrogen and oxygen atoms in total. The van der Waals surface area contributed by atoms with Gasteiger partial charge in [-0.05, 0) is 36.6 Å². The van der Waals surface area contributed by atoms with Gasteiger partial charge in [0.25, 0.3) is 5.91 Å². The van der Waals surface area contributed by atoms with Crippen LogP contribution in [0.25, 0.3) is 16.6 Å². The van der Waals surface area contributed by atoms with Crippen LogP contribution in [-0.4, -0.2) is 54.3 Å². The van der Waals surface area contributed by atoms with E-state index in [1.54, 1.807) is 7.11 Å². The summed E-state index contributed by atoms with van der Waals surface area (Å²) in [6.45, 7) is 2.57. The maximum absolute atomic E-state index is 13.2. The molecule has 1 aliphatic heterocycles. The van der Waals surface area contributed by atoms with E-state index in [4.69, 9.17) is 9.47 Å². The Balaban J connectivity index is 1.52. The van der Waals surface area contributed by atoms with Crippen molar-refractivity contribution in [2.24, 2.45) is 0 Å². The van der Waals surface area contributed by atoms with Crippen molar-refractivity contribution in [3.8, 4) is 11.4 Å². The Bertz CT molecular complexity index is 1050. The van der Waals surface area contributed by atoms with Gasteiger partial charge in [-0.2, -0.15) is 0 Å². The number of benzene rings is 2. The van der Waals surface area contributed by atoms with E-state index in [9.17, 15) is 4.79 Å². The number of nitrogens with zero attached hydrogens (tertiary/aromatic N) is 2. The zero-order valence-electron chi connectivity index (χ0n) is 17.2. The number of hydrogen-bond acceptors (Lipinski definition) is 4. The van der Waals surface area contributed by atoms with E-state index in [2.05, 4.69) is 40.3 Å². The highest BCUT2D eigenvalue weighted by Gasteiger charge is 2.37. The fourth-order valence-corrected chi connectivity index (χ4v) is 4.27. The number of rotatable bonds is 6. The first-order valence-electron chi connectivity index (χ1n) is 10.6. The van der Waals surface area contributed by atoms with Gasteiger partial charge >= 0.3 is 0 Å². The standard InChI is InChI=1S/C24H27N3O3/c1-29-22-9-5-4-8-21(22)27-16-17(19-6-2-3-7-20(19)27)15-26(18-10-11-18)24(28)23-14-25-12-13-30-23/h2-9,16,18,23,25H,10-15H2,1H3. The number of para-hydroxylation sites is 3. The number of aromatic nitrogens is 1. The lowest BCUT2D eigenvalue weighted by Crippen LogP contribution is -2.49. The first kappa shape index (κ1) is 19.2. The number of carbonyl (C=O) groups is 1. The number of nitrogens with one attached hydrogen (secondary N) is 1. The van der Waals surface area contributed by atoms with Crippen LogP contribution >= 0.6 is 0 Å². The van der Waals surface area contributed by atoms with Crippen LogP contribution in [0.2, 0.25) is 0 Å². The number of methoxy groups -OCH3 is 1. The van der Waals surface area contributed by atoms with Crippen LogP contribution in [0, 0.1) is 0 Å². The maximum Gasteiger partial charge on any atom is 0.253 e. The topological polar surface area (TPSA) is 55.7 Å². The summed E-state index contributed by atoms with van der Waals surface area (Å²) >= 11 is 0. The van der Waals surface area contributed by atoms with Gasteiger partial charge in [0.15, 0.2) is 0 Å². The highest BCUT2D eigenvalue weighted by molar-refractivity contribution is 5.87. The highest BCUT2D eigenvalue weighted by atomic mass is 16.5. The fraction of sp³-hybridized carbons (Fsp3) is 0.375. The molecule has 6 heteroatoms. The van der Waals surface area contributed by atoms with Crippen molar-refractivity contribution >= 4 is 16.8 Å². The van der Waals surface area contributed by atoms with Crippen LogP contribution in [0.3, 0.4) is 0 Å². The van der Waals surface area contributed by atoms with Gasteiger partial charge in [0.1, 0.15) is 11.9 Å². The molecule has 3 aromatic rings. The Morgan fingerprint density at radius 2 is 2.00 bits per heavy atom. The highest BCUT2D eigenvalue weighted by Crippen LogP contribution is 2.34. The molecule has 0 bridgehead atoms. The molecular formula is C24H27N3O3. The van der Waals surface area contributed by atoms with Gasteiger partial charge in [-0.15, -0.1) is 0 Å². The molecule has 1 atom stereocenters. The van der Waals surface area contributed by atoms with E-state index in [1.807, 2.05) is 29.2 Å². The van der Waals surface area contributed by atoms with Gasteiger partial charge in [-0.1, -0.05) is 30.3 Å². The summed E-state index contributed by atoms with van der Waals surface area (Å²) < 4.78 is 13.5. The first-order chi connectivity index (χ1) is 14.8. The Kier molecular flexibility index (Phi) is 5.19. The summed E-state index contributed by atoms with van der Waals surface area (Å²) in [6.07, 6.45) is 3.89. The summed E-state index contributed by atoms with van der Waals surface area (Å²) in [5.41, 5.74) is 3.24. The van der Waals surface area contributed by atoms with Crippen LogP contribution in [0.5, 0.6) is 5.75 Å². The molecule has 0 spiro atoms. The molecule has 2 aromatic carbocycles. The van der Waals surface area contributed by atoms with E-state index in [-0.39, 0.29) is 12.0 Å². The second-order valence-corrected chi connectivity index (χ2v) is 7.97. The second-order valence-electron chi connectivity index (χ2n) is 7.97. The molecule has 5 rings (SSSR count). The molecule has 1 aromatic heterocycles. The minimum absolute atomic E-state index is 0.0961. The van der Waals surface area contributed by atoms with Gasteiger partial charge in [-0.25, -0.2) is 0 Å². The lowest BCUT2D eigenvalue weighted by molar-refractivity contribution is -0.146. The number of amides is 1. The summed E-state index contributed by atoms with van der Waals surface area (Å²) in [7, 11) is 1.69. The van der Waals surface area contributed by atoms with E-state index in [0.29, 0.717) is 25.7 Å². The molecule has 30 heavy (non-hydrogen) atoms. The smallest absolute Gasteiger partial charge is 0.253 e. The molecule has 0 radical (unpaired) electrons. The molecule has 2 fully saturated rings. The van der Waals surface area contributed by atoms with Gasteiger partial charge in [0.2, 0.25) is 0 Å². The minimum Gasteiger partial charge on any atom is -0.495 e. The fourth-order valence-electron chi connectivity index (χ4n) is 4.27. The average molecular weight is 405 g/mol. The van der Waals surface area contributed by atoms with Crippen molar-refractivity contribution in [1.29, 1.82) is 0 Å². The SMILES string of the molecule is COc1ccccc1-n1cc(CN(C(=O)C2CNCCO2)C2CC2)c2ccccc21. The van der Waals surface area contributed by atoms with Crippen molar-refractivity contribution in [3.05, 3.63) is 60.3 Å².